The summed E-state index contributed by atoms with van der Waals surface area (Å²) < 4.78 is 0. The van der Waals surface area contributed by atoms with Gasteiger partial charge in [0, 0.05) is 39.3 Å². The molecular weight excluding hydrogens is 194 g/mol. The molecule has 0 spiro atoms. The molecule has 5 nitrogen and oxygen atoms in total. The maximum Gasteiger partial charge on any atom is 0.229 e. The van der Waals surface area contributed by atoms with Crippen LogP contribution in [0.3, 0.4) is 0 Å². The molecule has 0 aliphatic carbocycles. The van der Waals surface area contributed by atoms with Crippen LogP contribution in [0.1, 0.15) is 0 Å². The van der Waals surface area contributed by atoms with Crippen LogP contribution in [0.4, 0.5) is 0 Å². The Hall–Kier alpha value is -0.650. The standard InChI is InChI=1S/C10H19N3O2/c1-12-2-4-13(5-3-12)10(15)8-6-11-7-9(8)14/h8-9,11,14H,2-7H2,1H3. The highest BCUT2D eigenvalue weighted by atomic mass is 16.3. The van der Waals surface area contributed by atoms with E-state index in [1.165, 1.54) is 0 Å². The van der Waals surface area contributed by atoms with Crippen LogP contribution in [-0.4, -0.2) is 73.2 Å². The Bertz CT molecular complexity index is 239. The van der Waals surface area contributed by atoms with Gasteiger partial charge < -0.3 is 20.2 Å². The van der Waals surface area contributed by atoms with Crippen molar-refractivity contribution in [3.05, 3.63) is 0 Å². The molecule has 2 aliphatic rings. The number of aliphatic hydroxyl groups excluding tert-OH is 1. The zero-order valence-corrected chi connectivity index (χ0v) is 9.15. The summed E-state index contributed by atoms with van der Waals surface area (Å²) in [4.78, 5) is 16.1. The minimum absolute atomic E-state index is 0.112. The molecule has 2 atom stereocenters. The van der Waals surface area contributed by atoms with E-state index in [4.69, 9.17) is 0 Å². The number of carbonyl (C=O) groups is 1. The van der Waals surface area contributed by atoms with Gasteiger partial charge in [-0.3, -0.25) is 4.79 Å². The molecule has 15 heavy (non-hydrogen) atoms. The number of β-amino-alcohol motifs (C(OH)–C–C–N with tert-alkyl or cyclic N) is 1. The van der Waals surface area contributed by atoms with E-state index in [-0.39, 0.29) is 11.8 Å². The van der Waals surface area contributed by atoms with Crippen molar-refractivity contribution in [3.8, 4) is 0 Å². The molecule has 2 N–H and O–H groups in total. The van der Waals surface area contributed by atoms with E-state index in [1.54, 1.807) is 0 Å². The van der Waals surface area contributed by atoms with Gasteiger partial charge in [-0.2, -0.15) is 0 Å². The summed E-state index contributed by atoms with van der Waals surface area (Å²) in [5.74, 6) is -0.117. The first-order chi connectivity index (χ1) is 7.18. The number of rotatable bonds is 1. The Morgan fingerprint density at radius 2 is 1.93 bits per heavy atom. The van der Waals surface area contributed by atoms with Crippen LogP contribution in [0.25, 0.3) is 0 Å². The topological polar surface area (TPSA) is 55.8 Å². The summed E-state index contributed by atoms with van der Waals surface area (Å²) in [6.45, 7) is 4.61. The van der Waals surface area contributed by atoms with Crippen LogP contribution in [0.2, 0.25) is 0 Å². The van der Waals surface area contributed by atoms with Gasteiger partial charge >= 0.3 is 0 Å². The molecule has 1 amide bonds. The zero-order valence-electron chi connectivity index (χ0n) is 9.15. The Balaban J connectivity index is 1.90. The third kappa shape index (κ3) is 2.30. The number of aliphatic hydroxyl groups is 1. The second kappa shape index (κ2) is 4.47. The molecule has 0 bridgehead atoms. The number of likely N-dealkylation sites (N-methyl/N-ethyl adjacent to an activating group) is 1. The smallest absolute Gasteiger partial charge is 0.229 e. The summed E-state index contributed by atoms with van der Waals surface area (Å²) in [6.07, 6.45) is -0.503. The van der Waals surface area contributed by atoms with Gasteiger partial charge in [0.05, 0.1) is 12.0 Å². The lowest BCUT2D eigenvalue weighted by atomic mass is 10.0. The van der Waals surface area contributed by atoms with Crippen molar-refractivity contribution in [2.24, 2.45) is 5.92 Å². The van der Waals surface area contributed by atoms with Gasteiger partial charge in [-0.15, -0.1) is 0 Å². The number of carbonyl (C=O) groups excluding carboxylic acids is 1. The molecule has 2 aliphatic heterocycles. The van der Waals surface area contributed by atoms with E-state index in [1.807, 2.05) is 4.90 Å². The van der Waals surface area contributed by atoms with Gasteiger partial charge in [0.15, 0.2) is 0 Å². The van der Waals surface area contributed by atoms with Gasteiger partial charge in [-0.25, -0.2) is 0 Å². The van der Waals surface area contributed by atoms with Gasteiger partial charge in [0.2, 0.25) is 5.91 Å². The van der Waals surface area contributed by atoms with Crippen molar-refractivity contribution in [1.29, 1.82) is 0 Å². The van der Waals surface area contributed by atoms with Gasteiger partial charge in [-0.05, 0) is 7.05 Å². The summed E-state index contributed by atoms with van der Waals surface area (Å²) in [6, 6.07) is 0. The largest absolute Gasteiger partial charge is 0.391 e. The van der Waals surface area contributed by atoms with Crippen molar-refractivity contribution >= 4 is 5.91 Å². The highest BCUT2D eigenvalue weighted by Crippen LogP contribution is 2.14. The zero-order chi connectivity index (χ0) is 10.8. The predicted molar refractivity (Wildman–Crippen MR) is 56.4 cm³/mol. The van der Waals surface area contributed by atoms with Crippen LogP contribution in [0, 0.1) is 5.92 Å². The first kappa shape index (κ1) is 10.9. The minimum Gasteiger partial charge on any atom is -0.391 e. The number of hydrogen-bond acceptors (Lipinski definition) is 4. The molecule has 0 radical (unpaired) electrons. The third-order valence-corrected chi connectivity index (χ3v) is 3.31. The Morgan fingerprint density at radius 3 is 2.47 bits per heavy atom. The second-order valence-electron chi connectivity index (χ2n) is 4.46. The summed E-state index contributed by atoms with van der Waals surface area (Å²) in [7, 11) is 2.06. The fraction of sp³-hybridized carbons (Fsp3) is 0.900. The second-order valence-corrected chi connectivity index (χ2v) is 4.46. The molecular formula is C10H19N3O2. The molecule has 86 valence electrons. The fourth-order valence-corrected chi connectivity index (χ4v) is 2.18. The Morgan fingerprint density at radius 1 is 1.27 bits per heavy atom. The molecule has 5 heteroatoms. The molecule has 0 saturated carbocycles. The fourth-order valence-electron chi connectivity index (χ4n) is 2.18. The maximum atomic E-state index is 12.0. The first-order valence-electron chi connectivity index (χ1n) is 5.54. The van der Waals surface area contributed by atoms with Crippen LogP contribution < -0.4 is 5.32 Å². The van der Waals surface area contributed by atoms with Crippen LogP contribution in [0.5, 0.6) is 0 Å². The average Bonchev–Trinajstić information content (AvgIpc) is 2.65. The molecule has 0 aromatic heterocycles. The molecule has 2 unspecified atom stereocenters. The summed E-state index contributed by atoms with van der Waals surface area (Å²) in [5, 5.41) is 12.7. The maximum absolute atomic E-state index is 12.0. The van der Waals surface area contributed by atoms with Crippen molar-refractivity contribution in [2.45, 2.75) is 6.10 Å². The third-order valence-electron chi connectivity index (χ3n) is 3.31. The highest BCUT2D eigenvalue weighted by molar-refractivity contribution is 5.80. The van der Waals surface area contributed by atoms with Crippen LogP contribution in [-0.2, 0) is 4.79 Å². The first-order valence-corrected chi connectivity index (χ1v) is 5.54. The molecule has 0 aromatic carbocycles. The number of amides is 1. The number of piperazine rings is 1. The van der Waals surface area contributed by atoms with E-state index < -0.39 is 6.10 Å². The van der Waals surface area contributed by atoms with E-state index in [2.05, 4.69) is 17.3 Å². The Labute approximate surface area is 90.0 Å². The average molecular weight is 213 g/mol. The van der Waals surface area contributed by atoms with Crippen molar-refractivity contribution in [1.82, 2.24) is 15.1 Å². The van der Waals surface area contributed by atoms with E-state index >= 15 is 0 Å². The lowest BCUT2D eigenvalue weighted by Gasteiger charge is -2.34. The van der Waals surface area contributed by atoms with Crippen molar-refractivity contribution in [2.75, 3.05) is 46.3 Å². The molecule has 2 fully saturated rings. The van der Waals surface area contributed by atoms with E-state index in [0.29, 0.717) is 13.1 Å². The van der Waals surface area contributed by atoms with Crippen LogP contribution in [0.15, 0.2) is 0 Å². The normalized spacial score (nSPS) is 33.3. The monoisotopic (exact) mass is 213 g/mol. The van der Waals surface area contributed by atoms with Crippen LogP contribution >= 0.6 is 0 Å². The molecule has 2 rings (SSSR count). The lowest BCUT2D eigenvalue weighted by molar-refractivity contribution is -0.139. The molecule has 2 saturated heterocycles. The summed E-state index contributed by atoms with van der Waals surface area (Å²) >= 11 is 0. The predicted octanol–water partition coefficient (Wildman–Crippen LogP) is -1.66. The van der Waals surface area contributed by atoms with Gasteiger partial charge in [-0.1, -0.05) is 0 Å². The minimum atomic E-state index is -0.503. The molecule has 2 heterocycles. The SMILES string of the molecule is CN1CCN(C(=O)C2CNCC2O)CC1. The highest BCUT2D eigenvalue weighted by Gasteiger charge is 2.34. The number of nitrogens with zero attached hydrogens (tertiary/aromatic N) is 2. The van der Waals surface area contributed by atoms with Crippen molar-refractivity contribution in [3.63, 3.8) is 0 Å². The van der Waals surface area contributed by atoms with Gasteiger partial charge in [0.25, 0.3) is 0 Å². The quantitative estimate of drug-likeness (QED) is 0.547. The molecule has 0 aromatic rings. The Kier molecular flexibility index (Phi) is 3.23. The number of nitrogens with one attached hydrogen (secondary N) is 1. The van der Waals surface area contributed by atoms with Crippen molar-refractivity contribution < 1.29 is 9.90 Å². The van der Waals surface area contributed by atoms with Gasteiger partial charge in [0.1, 0.15) is 0 Å². The number of hydrogen-bond donors (Lipinski definition) is 2. The van der Waals surface area contributed by atoms with E-state index in [9.17, 15) is 9.90 Å². The summed E-state index contributed by atoms with van der Waals surface area (Å²) in [5.41, 5.74) is 0. The lowest BCUT2D eigenvalue weighted by Crippen LogP contribution is -2.50. The van der Waals surface area contributed by atoms with E-state index in [0.717, 1.165) is 26.2 Å².